The fraction of sp³-hybridized carbons (Fsp3) is 0.148. The number of hydrogen-bond donors (Lipinski definition) is 1. The van der Waals surface area contributed by atoms with Gasteiger partial charge < -0.3 is 0 Å². The molecule has 32 heavy (non-hydrogen) atoms. The van der Waals surface area contributed by atoms with Crippen LogP contribution in [-0.2, 0) is 0 Å². The number of aromatic nitrogens is 1. The van der Waals surface area contributed by atoms with E-state index < -0.39 is 7.94 Å². The number of aryl methyl sites for hydroxylation is 4. The highest BCUT2D eigenvalue weighted by atomic mass is 31.2. The van der Waals surface area contributed by atoms with Crippen molar-refractivity contribution in [3.05, 3.63) is 107 Å². The van der Waals surface area contributed by atoms with E-state index >= 15 is 0 Å². The van der Waals surface area contributed by atoms with Crippen LogP contribution in [0.25, 0.3) is 11.3 Å². The van der Waals surface area contributed by atoms with Crippen LogP contribution < -0.4 is 14.5 Å². The maximum Gasteiger partial charge on any atom is 0.553 e. The Bertz CT molecular complexity index is 1150. The first kappa shape index (κ1) is 22.0. The fourth-order valence-electron chi connectivity index (χ4n) is 3.60. The summed E-state index contributed by atoms with van der Waals surface area (Å²) in [5, 5.41) is 0. The minimum Gasteiger partial charge on any atom is -0.272 e. The zero-order chi connectivity index (χ0) is 22.7. The fourth-order valence-corrected chi connectivity index (χ4v) is 5.40. The number of nitrogens with zero attached hydrogens (tertiary/aromatic N) is 1. The van der Waals surface area contributed by atoms with E-state index in [-0.39, 0.29) is 0 Å². The molecule has 5 heteroatoms. The second kappa shape index (κ2) is 9.12. The number of hydrogen-bond acceptors (Lipinski definition) is 4. The van der Waals surface area contributed by atoms with Gasteiger partial charge in [-0.25, -0.2) is 4.98 Å². The summed E-state index contributed by atoms with van der Waals surface area (Å²) in [5.41, 5.74) is 5.78. The van der Waals surface area contributed by atoms with Gasteiger partial charge in [0, 0.05) is 11.6 Å². The largest absolute Gasteiger partial charge is 0.553 e. The summed E-state index contributed by atoms with van der Waals surface area (Å²) >= 11 is 0. The van der Waals surface area contributed by atoms with Crippen LogP contribution in [0.5, 0.6) is 11.5 Å². The first-order chi connectivity index (χ1) is 15.4. The van der Waals surface area contributed by atoms with Gasteiger partial charge in [0.1, 0.15) is 0 Å². The van der Waals surface area contributed by atoms with E-state index in [2.05, 4.69) is 0 Å². The second-order valence-corrected chi connectivity index (χ2v) is 9.76. The zero-order valence-electron chi connectivity index (χ0n) is 18.7. The normalized spacial score (nSPS) is 11.3. The Morgan fingerprint density at radius 2 is 1.06 bits per heavy atom. The van der Waals surface area contributed by atoms with Gasteiger partial charge in [-0.15, -0.1) is 0 Å². The Balaban J connectivity index is 1.84. The van der Waals surface area contributed by atoms with Crippen molar-refractivity contribution < 1.29 is 13.9 Å². The van der Waals surface area contributed by atoms with Crippen molar-refractivity contribution in [3.63, 3.8) is 0 Å². The molecule has 1 heterocycles. The van der Waals surface area contributed by atoms with Gasteiger partial charge >= 0.3 is 7.94 Å². The van der Waals surface area contributed by atoms with Crippen molar-refractivity contribution in [2.45, 2.75) is 27.7 Å². The standard InChI is InChI=1S/C27H27NO3P/c1-19-11-8-12-20(2)26(19)30-32(29,31-27-21(3)13-9-14-22(27)4)25-18-10-17-24(28-25)23-15-6-5-7-16-23/h5-18,29H,1-4H3/q+1. The summed E-state index contributed by atoms with van der Waals surface area (Å²) in [6.45, 7) is 7.83. The molecule has 4 nitrogen and oxygen atoms in total. The summed E-state index contributed by atoms with van der Waals surface area (Å²) < 4.78 is 12.7. The molecule has 0 bridgehead atoms. The SMILES string of the molecule is Cc1cccc(C)c1O[P+](O)(Oc1c(C)cccc1C)c1cccc(-c2ccccc2)n1. The molecule has 0 atom stereocenters. The van der Waals surface area contributed by atoms with Gasteiger partial charge in [-0.05, 0) is 56.0 Å². The lowest BCUT2D eigenvalue weighted by molar-refractivity contribution is 0.357. The Labute approximate surface area is 190 Å². The molecule has 0 spiro atoms. The van der Waals surface area contributed by atoms with E-state index in [1.807, 2.05) is 107 Å². The third-order valence-electron chi connectivity index (χ3n) is 5.34. The van der Waals surface area contributed by atoms with E-state index in [1.54, 1.807) is 6.07 Å². The maximum atomic E-state index is 12.0. The van der Waals surface area contributed by atoms with Crippen LogP contribution in [0.4, 0.5) is 0 Å². The number of para-hydroxylation sites is 2. The number of rotatable bonds is 6. The van der Waals surface area contributed by atoms with Crippen molar-refractivity contribution in [3.8, 4) is 22.8 Å². The molecule has 4 aromatic rings. The van der Waals surface area contributed by atoms with E-state index in [9.17, 15) is 4.89 Å². The van der Waals surface area contributed by atoms with E-state index in [4.69, 9.17) is 14.0 Å². The minimum absolute atomic E-state index is 0.379. The molecule has 0 saturated carbocycles. The van der Waals surface area contributed by atoms with E-state index in [0.29, 0.717) is 16.9 Å². The number of benzene rings is 3. The Kier molecular flexibility index (Phi) is 6.27. The maximum absolute atomic E-state index is 12.0. The van der Waals surface area contributed by atoms with Crippen LogP contribution in [-0.4, -0.2) is 9.88 Å². The first-order valence-electron chi connectivity index (χ1n) is 10.5. The molecule has 1 N–H and O–H groups in total. The number of pyridine rings is 1. The van der Waals surface area contributed by atoms with E-state index in [0.717, 1.165) is 33.5 Å². The van der Waals surface area contributed by atoms with Gasteiger partial charge in [0.2, 0.25) is 0 Å². The molecule has 0 radical (unpaired) electrons. The lowest BCUT2D eigenvalue weighted by atomic mass is 10.1. The van der Waals surface area contributed by atoms with Gasteiger partial charge in [-0.2, -0.15) is 4.89 Å². The smallest absolute Gasteiger partial charge is 0.272 e. The monoisotopic (exact) mass is 444 g/mol. The van der Waals surface area contributed by atoms with Gasteiger partial charge in [0.25, 0.3) is 5.44 Å². The van der Waals surface area contributed by atoms with Crippen molar-refractivity contribution in [1.29, 1.82) is 0 Å². The van der Waals surface area contributed by atoms with Crippen molar-refractivity contribution in [2.75, 3.05) is 0 Å². The van der Waals surface area contributed by atoms with Crippen LogP contribution in [0.1, 0.15) is 22.3 Å². The van der Waals surface area contributed by atoms with Crippen LogP contribution in [0.2, 0.25) is 0 Å². The summed E-state index contributed by atoms with van der Waals surface area (Å²) in [5.74, 6) is 1.22. The summed E-state index contributed by atoms with van der Waals surface area (Å²) in [6.07, 6.45) is 0. The molecule has 0 aliphatic rings. The Morgan fingerprint density at radius 1 is 0.594 bits per heavy atom. The third-order valence-corrected chi connectivity index (χ3v) is 7.03. The van der Waals surface area contributed by atoms with Crippen molar-refractivity contribution in [2.24, 2.45) is 0 Å². The van der Waals surface area contributed by atoms with Crippen LogP contribution >= 0.6 is 7.94 Å². The highest BCUT2D eigenvalue weighted by molar-refractivity contribution is 7.69. The highest BCUT2D eigenvalue weighted by Crippen LogP contribution is 2.56. The predicted molar refractivity (Wildman–Crippen MR) is 132 cm³/mol. The molecule has 0 aliphatic heterocycles. The topological polar surface area (TPSA) is 51.6 Å². The van der Waals surface area contributed by atoms with Crippen molar-refractivity contribution in [1.82, 2.24) is 4.98 Å². The van der Waals surface area contributed by atoms with E-state index in [1.165, 1.54) is 0 Å². The molecule has 0 unspecified atom stereocenters. The summed E-state index contributed by atoms with van der Waals surface area (Å²) in [6, 6.07) is 27.2. The van der Waals surface area contributed by atoms with Crippen molar-refractivity contribution >= 4 is 13.4 Å². The average molecular weight is 444 g/mol. The van der Waals surface area contributed by atoms with Crippen LogP contribution in [0.3, 0.4) is 0 Å². The molecule has 3 aromatic carbocycles. The zero-order valence-corrected chi connectivity index (χ0v) is 19.6. The molecular weight excluding hydrogens is 417 g/mol. The van der Waals surface area contributed by atoms with Gasteiger partial charge in [0.15, 0.2) is 11.5 Å². The molecule has 1 aromatic heterocycles. The molecule has 0 saturated heterocycles. The molecule has 0 amide bonds. The lowest BCUT2D eigenvalue weighted by Crippen LogP contribution is -2.25. The lowest BCUT2D eigenvalue weighted by Gasteiger charge is -2.21. The molecule has 0 fully saturated rings. The predicted octanol–water partition coefficient (Wildman–Crippen LogP) is 6.52. The molecular formula is C27H27NO3P+. The quantitative estimate of drug-likeness (QED) is 0.344. The molecule has 0 aliphatic carbocycles. The first-order valence-corrected chi connectivity index (χ1v) is 12.1. The van der Waals surface area contributed by atoms with Gasteiger partial charge in [-0.1, -0.05) is 72.8 Å². The summed E-state index contributed by atoms with van der Waals surface area (Å²) in [7, 11) is -3.63. The second-order valence-electron chi connectivity index (χ2n) is 7.89. The van der Waals surface area contributed by atoms with Crippen LogP contribution in [0.15, 0.2) is 84.9 Å². The minimum atomic E-state index is -3.63. The summed E-state index contributed by atoms with van der Waals surface area (Å²) in [4.78, 5) is 16.7. The Hall–Kier alpha value is -3.20. The Morgan fingerprint density at radius 3 is 1.56 bits per heavy atom. The van der Waals surface area contributed by atoms with Gasteiger partial charge in [0.05, 0.1) is 5.69 Å². The molecule has 4 rings (SSSR count). The molecule has 162 valence electrons. The average Bonchev–Trinajstić information content (AvgIpc) is 2.80. The van der Waals surface area contributed by atoms with Crippen LogP contribution in [0, 0.1) is 27.7 Å². The highest BCUT2D eigenvalue weighted by Gasteiger charge is 2.51. The van der Waals surface area contributed by atoms with Gasteiger partial charge in [-0.3, -0.25) is 9.05 Å². The third kappa shape index (κ3) is 4.52.